The predicted molar refractivity (Wildman–Crippen MR) is 96.7 cm³/mol. The maximum absolute atomic E-state index is 8.34. The molecule has 2 aromatic carbocycles. The van der Waals surface area contributed by atoms with Gasteiger partial charge < -0.3 is 10.2 Å². The molecule has 2 N–H and O–H groups in total. The molecular weight excluding hydrogens is 272 g/mol. The molecule has 0 aliphatic carbocycles. The summed E-state index contributed by atoms with van der Waals surface area (Å²) in [6.45, 7) is 7.50. The Morgan fingerprint density at radius 3 is 1.23 bits per heavy atom. The minimum Gasteiger partial charge on any atom is -0.516 e. The van der Waals surface area contributed by atoms with Gasteiger partial charge in [0.1, 0.15) is 0 Å². The lowest BCUT2D eigenvalue weighted by molar-refractivity contribution is 0.477. The lowest BCUT2D eigenvalue weighted by Gasteiger charge is -1.86. The summed E-state index contributed by atoms with van der Waals surface area (Å²) in [5.41, 5.74) is 3.19. The van der Waals surface area contributed by atoms with Crippen molar-refractivity contribution in [2.24, 2.45) is 0 Å². The Hall–Kier alpha value is -2.74. The van der Waals surface area contributed by atoms with Gasteiger partial charge in [-0.1, -0.05) is 66.2 Å². The highest BCUT2D eigenvalue weighted by Gasteiger charge is 1.79. The number of aliphatic hydroxyl groups is 2. The summed E-state index contributed by atoms with van der Waals surface area (Å²) in [6.07, 6.45) is 5.35. The summed E-state index contributed by atoms with van der Waals surface area (Å²) in [7, 11) is 0. The first kappa shape index (κ1) is 19.3. The molecule has 2 nitrogen and oxygen atoms in total. The SMILES string of the molecule is C=C(C)C.OC=Cc1ccccc1.OC=Cc1ccccc1. The van der Waals surface area contributed by atoms with Crippen molar-refractivity contribution in [3.8, 4) is 0 Å². The zero-order valence-electron chi connectivity index (χ0n) is 13.2. The highest BCUT2D eigenvalue weighted by atomic mass is 16.2. The summed E-state index contributed by atoms with van der Waals surface area (Å²) < 4.78 is 0. The van der Waals surface area contributed by atoms with Gasteiger partial charge in [0.2, 0.25) is 0 Å². The van der Waals surface area contributed by atoms with Crippen LogP contribution in [0.1, 0.15) is 25.0 Å². The van der Waals surface area contributed by atoms with E-state index >= 15 is 0 Å². The summed E-state index contributed by atoms with van der Waals surface area (Å²) >= 11 is 0. The maximum Gasteiger partial charge on any atom is 0.0797 e. The van der Waals surface area contributed by atoms with Crippen molar-refractivity contribution >= 4 is 12.2 Å². The van der Waals surface area contributed by atoms with Gasteiger partial charge >= 0.3 is 0 Å². The molecule has 0 unspecified atom stereocenters. The topological polar surface area (TPSA) is 40.5 Å². The molecule has 0 radical (unpaired) electrons. The van der Waals surface area contributed by atoms with E-state index in [2.05, 4.69) is 6.58 Å². The third-order valence-corrected chi connectivity index (χ3v) is 2.13. The number of benzene rings is 2. The number of aliphatic hydroxyl groups excluding tert-OH is 2. The number of rotatable bonds is 2. The van der Waals surface area contributed by atoms with Gasteiger partial charge in [-0.05, 0) is 37.1 Å². The summed E-state index contributed by atoms with van der Waals surface area (Å²) in [5, 5.41) is 16.7. The monoisotopic (exact) mass is 296 g/mol. The quantitative estimate of drug-likeness (QED) is 0.526. The average Bonchev–Trinajstić information content (AvgIpc) is 2.50. The molecule has 22 heavy (non-hydrogen) atoms. The van der Waals surface area contributed by atoms with Crippen LogP contribution >= 0.6 is 0 Å². The Balaban J connectivity index is 0.000000326. The minimum absolute atomic E-state index is 1.01. The molecule has 0 aromatic heterocycles. The van der Waals surface area contributed by atoms with E-state index in [1.807, 2.05) is 74.5 Å². The van der Waals surface area contributed by atoms with Gasteiger partial charge in [0.15, 0.2) is 0 Å². The van der Waals surface area contributed by atoms with E-state index in [1.165, 1.54) is 5.57 Å². The molecule has 0 fully saturated rings. The van der Waals surface area contributed by atoms with Gasteiger partial charge in [-0.3, -0.25) is 0 Å². The molecule has 0 aliphatic heterocycles. The summed E-state index contributed by atoms with van der Waals surface area (Å²) in [4.78, 5) is 0. The Morgan fingerprint density at radius 2 is 1.00 bits per heavy atom. The van der Waals surface area contributed by atoms with E-state index in [-0.39, 0.29) is 0 Å². The molecule has 0 saturated carbocycles. The van der Waals surface area contributed by atoms with Crippen molar-refractivity contribution in [2.75, 3.05) is 0 Å². The van der Waals surface area contributed by atoms with Crippen LogP contribution in [0.2, 0.25) is 0 Å². The van der Waals surface area contributed by atoms with Gasteiger partial charge in [0, 0.05) is 0 Å². The fourth-order valence-corrected chi connectivity index (χ4v) is 1.30. The normalized spacial score (nSPS) is 9.55. The lowest BCUT2D eigenvalue weighted by Crippen LogP contribution is -1.66. The van der Waals surface area contributed by atoms with E-state index in [0.717, 1.165) is 23.7 Å². The largest absolute Gasteiger partial charge is 0.516 e. The Labute approximate surface area is 133 Å². The minimum atomic E-state index is 1.01. The van der Waals surface area contributed by atoms with Crippen LogP contribution in [0.25, 0.3) is 12.2 Å². The molecule has 0 saturated heterocycles. The van der Waals surface area contributed by atoms with E-state index < -0.39 is 0 Å². The molecule has 2 heteroatoms. The maximum atomic E-state index is 8.34. The van der Waals surface area contributed by atoms with E-state index in [1.54, 1.807) is 12.2 Å². The average molecular weight is 296 g/mol. The third kappa shape index (κ3) is 12.3. The first-order valence-corrected chi connectivity index (χ1v) is 6.94. The smallest absolute Gasteiger partial charge is 0.0797 e. The molecule has 0 aliphatic rings. The van der Waals surface area contributed by atoms with Crippen LogP contribution in [0, 0.1) is 0 Å². The van der Waals surface area contributed by atoms with Crippen LogP contribution in [-0.2, 0) is 0 Å². The predicted octanol–water partition coefficient (Wildman–Crippen LogP) is 6.01. The van der Waals surface area contributed by atoms with Crippen molar-refractivity contribution < 1.29 is 10.2 Å². The molecule has 116 valence electrons. The Kier molecular flexibility index (Phi) is 11.6. The second-order valence-corrected chi connectivity index (χ2v) is 4.66. The molecule has 0 atom stereocenters. The lowest BCUT2D eigenvalue weighted by atomic mass is 10.2. The number of allylic oxidation sites excluding steroid dienone is 1. The van der Waals surface area contributed by atoms with E-state index in [0.29, 0.717) is 0 Å². The van der Waals surface area contributed by atoms with Gasteiger partial charge in [0.25, 0.3) is 0 Å². The number of hydrogen-bond acceptors (Lipinski definition) is 2. The van der Waals surface area contributed by atoms with Gasteiger partial charge in [-0.25, -0.2) is 0 Å². The van der Waals surface area contributed by atoms with Gasteiger partial charge in [-0.2, -0.15) is 0 Å². The van der Waals surface area contributed by atoms with Gasteiger partial charge in [0.05, 0.1) is 12.5 Å². The molecule has 2 rings (SSSR count). The summed E-state index contributed by atoms with van der Waals surface area (Å²) in [6, 6.07) is 19.3. The first-order chi connectivity index (χ1) is 10.6. The molecule has 0 bridgehead atoms. The van der Waals surface area contributed by atoms with Crippen LogP contribution in [0.15, 0.2) is 85.3 Å². The highest BCUT2D eigenvalue weighted by Crippen LogP contribution is 1.99. The molecule has 2 aromatic rings. The van der Waals surface area contributed by atoms with Crippen molar-refractivity contribution in [1.82, 2.24) is 0 Å². The standard InChI is InChI=1S/2C8H8O.C4H8/c2*9-7-6-8-4-2-1-3-5-8;1-4(2)3/h2*1-7,9H;1H2,2-3H3. The van der Waals surface area contributed by atoms with Crippen LogP contribution in [0.4, 0.5) is 0 Å². The molecule has 0 spiro atoms. The van der Waals surface area contributed by atoms with Crippen molar-refractivity contribution in [3.63, 3.8) is 0 Å². The third-order valence-electron chi connectivity index (χ3n) is 2.13. The molecular formula is C20H24O2. The second-order valence-electron chi connectivity index (χ2n) is 4.66. The van der Waals surface area contributed by atoms with E-state index in [9.17, 15) is 0 Å². The fraction of sp³-hybridized carbons (Fsp3) is 0.100. The first-order valence-electron chi connectivity index (χ1n) is 6.94. The van der Waals surface area contributed by atoms with Crippen molar-refractivity contribution in [2.45, 2.75) is 13.8 Å². The van der Waals surface area contributed by atoms with Crippen LogP contribution in [0.5, 0.6) is 0 Å². The summed E-state index contributed by atoms with van der Waals surface area (Å²) in [5.74, 6) is 0. The Bertz CT molecular complexity index is 503. The van der Waals surface area contributed by atoms with Crippen molar-refractivity contribution in [3.05, 3.63) is 96.5 Å². The second kappa shape index (κ2) is 13.3. The van der Waals surface area contributed by atoms with Crippen LogP contribution in [0.3, 0.4) is 0 Å². The highest BCUT2D eigenvalue weighted by molar-refractivity contribution is 5.47. The van der Waals surface area contributed by atoms with Crippen LogP contribution < -0.4 is 0 Å². The van der Waals surface area contributed by atoms with Gasteiger partial charge in [-0.15, -0.1) is 6.58 Å². The zero-order valence-corrected chi connectivity index (χ0v) is 13.2. The number of hydrogen-bond donors (Lipinski definition) is 2. The zero-order chi connectivity index (χ0) is 16.6. The molecule has 0 amide bonds. The van der Waals surface area contributed by atoms with E-state index in [4.69, 9.17) is 10.2 Å². The molecule has 0 heterocycles. The van der Waals surface area contributed by atoms with Crippen LogP contribution in [-0.4, -0.2) is 10.2 Å². The Morgan fingerprint density at radius 1 is 0.727 bits per heavy atom. The van der Waals surface area contributed by atoms with Crippen molar-refractivity contribution in [1.29, 1.82) is 0 Å². The fourth-order valence-electron chi connectivity index (χ4n) is 1.30.